The molecule has 0 spiro atoms. The molecule has 0 aromatic heterocycles. The molecule has 0 saturated heterocycles. The topological polar surface area (TPSA) is 54.0 Å². The molecule has 4 heteroatoms. The molecule has 1 radical (unpaired) electrons. The standard InChI is InChI=1S/C12H11O3S/c13-8-9-16(14,15)12-7-3-5-10-4-1-2-6-11(10)12/h1-7H,8-9H2. The highest BCUT2D eigenvalue weighted by atomic mass is 32.2. The minimum Gasteiger partial charge on any atom is -0.236 e. The highest BCUT2D eigenvalue weighted by Crippen LogP contribution is 2.23. The lowest BCUT2D eigenvalue weighted by Crippen LogP contribution is -2.09. The van der Waals surface area contributed by atoms with Gasteiger partial charge in [0.2, 0.25) is 0 Å². The van der Waals surface area contributed by atoms with Crippen LogP contribution in [0.5, 0.6) is 0 Å². The van der Waals surface area contributed by atoms with Gasteiger partial charge in [0, 0.05) is 5.39 Å². The molecule has 2 aromatic rings. The molecule has 0 aliphatic heterocycles. The molecule has 16 heavy (non-hydrogen) atoms. The van der Waals surface area contributed by atoms with Gasteiger partial charge in [0.1, 0.15) is 0 Å². The summed E-state index contributed by atoms with van der Waals surface area (Å²) in [6, 6.07) is 12.3. The zero-order valence-electron chi connectivity index (χ0n) is 8.59. The van der Waals surface area contributed by atoms with Crippen molar-refractivity contribution in [2.24, 2.45) is 0 Å². The van der Waals surface area contributed by atoms with Crippen molar-refractivity contribution in [1.82, 2.24) is 0 Å². The van der Waals surface area contributed by atoms with Crippen LogP contribution >= 0.6 is 0 Å². The van der Waals surface area contributed by atoms with Gasteiger partial charge < -0.3 is 0 Å². The largest absolute Gasteiger partial charge is 0.236 e. The predicted octanol–water partition coefficient (Wildman–Crippen LogP) is 2.04. The lowest BCUT2D eigenvalue weighted by atomic mass is 10.1. The molecular formula is C12H11O3S. The lowest BCUT2D eigenvalue weighted by Gasteiger charge is -2.06. The first kappa shape index (κ1) is 11.1. The molecule has 83 valence electrons. The summed E-state index contributed by atoms with van der Waals surface area (Å²) in [5.41, 5.74) is 0. The zero-order chi connectivity index (χ0) is 11.6. The van der Waals surface area contributed by atoms with E-state index in [0.29, 0.717) is 5.39 Å². The number of rotatable bonds is 3. The van der Waals surface area contributed by atoms with Crippen molar-refractivity contribution in [3.05, 3.63) is 42.5 Å². The van der Waals surface area contributed by atoms with Crippen LogP contribution in [0.4, 0.5) is 0 Å². The van der Waals surface area contributed by atoms with E-state index in [1.54, 1.807) is 24.3 Å². The van der Waals surface area contributed by atoms with Gasteiger partial charge in [-0.05, 0) is 11.5 Å². The molecule has 0 saturated carbocycles. The van der Waals surface area contributed by atoms with Gasteiger partial charge in [0.05, 0.1) is 17.3 Å². The first-order valence-corrected chi connectivity index (χ1v) is 6.59. The summed E-state index contributed by atoms with van der Waals surface area (Å²) in [6.45, 7) is -0.606. The van der Waals surface area contributed by atoms with Gasteiger partial charge in [-0.15, -0.1) is 0 Å². The third kappa shape index (κ3) is 1.94. The molecule has 2 rings (SSSR count). The average molecular weight is 235 g/mol. The van der Waals surface area contributed by atoms with E-state index in [1.807, 2.05) is 18.2 Å². The minimum absolute atomic E-state index is 0.251. The van der Waals surface area contributed by atoms with Crippen LogP contribution in [0.3, 0.4) is 0 Å². The predicted molar refractivity (Wildman–Crippen MR) is 61.6 cm³/mol. The monoisotopic (exact) mass is 235 g/mol. The number of hydrogen-bond acceptors (Lipinski definition) is 2. The maximum absolute atomic E-state index is 11.8. The minimum atomic E-state index is -3.45. The van der Waals surface area contributed by atoms with Gasteiger partial charge in [0.15, 0.2) is 9.84 Å². The number of hydrogen-bond donors (Lipinski definition) is 0. The molecule has 0 heterocycles. The average Bonchev–Trinajstić information content (AvgIpc) is 2.28. The second kappa shape index (κ2) is 4.23. The van der Waals surface area contributed by atoms with Crippen molar-refractivity contribution >= 4 is 20.6 Å². The maximum atomic E-state index is 11.8. The Bertz CT molecular complexity index is 597. The Balaban J connectivity index is 2.70. The molecule has 0 atom stereocenters. The second-order valence-electron chi connectivity index (χ2n) is 3.50. The van der Waals surface area contributed by atoms with E-state index in [0.717, 1.165) is 5.39 Å². The third-order valence-electron chi connectivity index (χ3n) is 2.44. The van der Waals surface area contributed by atoms with Crippen LogP contribution in [0.25, 0.3) is 10.8 Å². The molecule has 0 N–H and O–H groups in total. The smallest absolute Gasteiger partial charge is 0.181 e. The maximum Gasteiger partial charge on any atom is 0.181 e. The molecule has 3 nitrogen and oxygen atoms in total. The third-order valence-corrected chi connectivity index (χ3v) is 4.17. The Morgan fingerprint density at radius 1 is 0.938 bits per heavy atom. The van der Waals surface area contributed by atoms with Gasteiger partial charge in [-0.1, -0.05) is 36.4 Å². The van der Waals surface area contributed by atoms with E-state index in [2.05, 4.69) is 0 Å². The summed E-state index contributed by atoms with van der Waals surface area (Å²) in [6.07, 6.45) is 0. The molecule has 0 amide bonds. The number of benzene rings is 2. The summed E-state index contributed by atoms with van der Waals surface area (Å²) >= 11 is 0. The van der Waals surface area contributed by atoms with Gasteiger partial charge in [-0.25, -0.2) is 13.5 Å². The summed E-state index contributed by atoms with van der Waals surface area (Å²) in [4.78, 5) is 0.251. The van der Waals surface area contributed by atoms with Crippen LogP contribution in [0.2, 0.25) is 0 Å². The van der Waals surface area contributed by atoms with Crippen LogP contribution in [0.15, 0.2) is 47.4 Å². The highest BCUT2D eigenvalue weighted by molar-refractivity contribution is 7.91. The van der Waals surface area contributed by atoms with Crippen molar-refractivity contribution in [2.75, 3.05) is 12.4 Å². The van der Waals surface area contributed by atoms with Crippen molar-refractivity contribution in [3.8, 4) is 0 Å². The van der Waals surface area contributed by atoms with Crippen molar-refractivity contribution in [3.63, 3.8) is 0 Å². The summed E-state index contributed by atoms with van der Waals surface area (Å²) in [5, 5.41) is 12.0. The van der Waals surface area contributed by atoms with E-state index in [9.17, 15) is 13.5 Å². The zero-order valence-corrected chi connectivity index (χ0v) is 9.41. The molecule has 0 unspecified atom stereocenters. The normalized spacial score (nSPS) is 11.8. The van der Waals surface area contributed by atoms with Crippen LogP contribution in [-0.4, -0.2) is 20.8 Å². The van der Waals surface area contributed by atoms with Crippen molar-refractivity contribution in [1.29, 1.82) is 0 Å². The van der Waals surface area contributed by atoms with Gasteiger partial charge >= 0.3 is 0 Å². The number of fused-ring (bicyclic) bond motifs is 1. The second-order valence-corrected chi connectivity index (χ2v) is 5.58. The van der Waals surface area contributed by atoms with E-state index in [-0.39, 0.29) is 10.6 Å². The molecule has 0 aliphatic rings. The van der Waals surface area contributed by atoms with Crippen molar-refractivity contribution in [2.45, 2.75) is 4.90 Å². The Kier molecular flexibility index (Phi) is 2.94. The van der Waals surface area contributed by atoms with E-state index in [1.165, 1.54) is 0 Å². The fourth-order valence-corrected chi connectivity index (χ4v) is 2.93. The Morgan fingerprint density at radius 3 is 2.38 bits per heavy atom. The van der Waals surface area contributed by atoms with Crippen LogP contribution < -0.4 is 0 Å². The van der Waals surface area contributed by atoms with Crippen LogP contribution in [0.1, 0.15) is 0 Å². The van der Waals surface area contributed by atoms with E-state index < -0.39 is 16.4 Å². The first-order valence-electron chi connectivity index (χ1n) is 4.94. The highest BCUT2D eigenvalue weighted by Gasteiger charge is 2.16. The van der Waals surface area contributed by atoms with Crippen LogP contribution in [-0.2, 0) is 14.9 Å². The fraction of sp³-hybridized carbons (Fsp3) is 0.167. The number of sulfone groups is 1. The molecule has 0 fully saturated rings. The van der Waals surface area contributed by atoms with Crippen molar-refractivity contribution < 1.29 is 13.5 Å². The van der Waals surface area contributed by atoms with E-state index >= 15 is 0 Å². The Morgan fingerprint density at radius 2 is 1.62 bits per heavy atom. The lowest BCUT2D eigenvalue weighted by molar-refractivity contribution is 0.213. The quantitative estimate of drug-likeness (QED) is 0.817. The molecular weight excluding hydrogens is 224 g/mol. The fourth-order valence-electron chi connectivity index (χ4n) is 1.69. The van der Waals surface area contributed by atoms with E-state index in [4.69, 9.17) is 0 Å². The SMILES string of the molecule is [O]CCS(=O)(=O)c1cccc2ccccc12. The first-order chi connectivity index (χ1) is 7.65. The summed E-state index contributed by atoms with van der Waals surface area (Å²) < 4.78 is 23.7. The summed E-state index contributed by atoms with van der Waals surface area (Å²) in [5.74, 6) is -0.346. The summed E-state index contributed by atoms with van der Waals surface area (Å²) in [7, 11) is -3.45. The Labute approximate surface area is 94.3 Å². The molecule has 2 aromatic carbocycles. The van der Waals surface area contributed by atoms with Gasteiger partial charge in [-0.3, -0.25) is 0 Å². The molecule has 0 bridgehead atoms. The molecule has 0 aliphatic carbocycles. The van der Waals surface area contributed by atoms with Gasteiger partial charge in [0.25, 0.3) is 0 Å². The van der Waals surface area contributed by atoms with Crippen LogP contribution in [0, 0.1) is 0 Å². The van der Waals surface area contributed by atoms with Gasteiger partial charge in [-0.2, -0.15) is 0 Å². The Hall–Kier alpha value is -1.39.